The van der Waals surface area contributed by atoms with Gasteiger partial charge < -0.3 is 9.47 Å². The Morgan fingerprint density at radius 3 is 2.34 bits per heavy atom. The number of carbonyl (C=O) groups excluding carboxylic acids is 3. The van der Waals surface area contributed by atoms with Gasteiger partial charge >= 0.3 is 5.97 Å². The van der Waals surface area contributed by atoms with Crippen molar-refractivity contribution >= 4 is 17.8 Å². The Bertz CT molecular complexity index is 917. The highest BCUT2D eigenvalue weighted by atomic mass is 16.5. The van der Waals surface area contributed by atoms with Gasteiger partial charge in [-0.15, -0.1) is 0 Å². The molecule has 1 heterocycles. The lowest BCUT2D eigenvalue weighted by atomic mass is 10.0. The molecule has 0 N–H and O–H groups in total. The molecule has 29 heavy (non-hydrogen) atoms. The minimum atomic E-state index is -0.529. The summed E-state index contributed by atoms with van der Waals surface area (Å²) in [7, 11) is 1.57. The Kier molecular flexibility index (Phi) is 6.44. The lowest BCUT2D eigenvalue weighted by molar-refractivity contribution is 0.0472. The topological polar surface area (TPSA) is 72.9 Å². The summed E-state index contributed by atoms with van der Waals surface area (Å²) < 4.78 is 10.3. The van der Waals surface area contributed by atoms with Crippen molar-refractivity contribution in [2.24, 2.45) is 0 Å². The van der Waals surface area contributed by atoms with Crippen molar-refractivity contribution in [3.8, 4) is 0 Å². The predicted molar refractivity (Wildman–Crippen MR) is 108 cm³/mol. The van der Waals surface area contributed by atoms with Gasteiger partial charge in [0.2, 0.25) is 0 Å². The Hall–Kier alpha value is -2.99. The number of rotatable bonds is 8. The van der Waals surface area contributed by atoms with Crippen LogP contribution >= 0.6 is 0 Å². The van der Waals surface area contributed by atoms with Gasteiger partial charge in [0.1, 0.15) is 6.61 Å². The molecule has 2 aromatic rings. The minimum Gasteiger partial charge on any atom is -0.457 e. The quantitative estimate of drug-likeness (QED) is 0.386. The molecule has 0 saturated carbocycles. The number of ether oxygens (including phenoxy) is 2. The summed E-state index contributed by atoms with van der Waals surface area (Å²) in [5.74, 6) is -0.822. The molecular formula is C23H25NO5. The fraction of sp³-hybridized carbons (Fsp3) is 0.348. The number of esters is 1. The average Bonchev–Trinajstić information content (AvgIpc) is 2.96. The molecule has 0 aromatic heterocycles. The highest BCUT2D eigenvalue weighted by Gasteiger charge is 2.35. The van der Waals surface area contributed by atoms with Gasteiger partial charge in [-0.05, 0) is 41.7 Å². The molecule has 1 aliphatic rings. The zero-order valence-electron chi connectivity index (χ0n) is 16.9. The van der Waals surface area contributed by atoms with E-state index in [2.05, 4.69) is 13.8 Å². The van der Waals surface area contributed by atoms with Crippen LogP contribution in [0.5, 0.6) is 0 Å². The number of imide groups is 1. The standard InChI is InChI=1S/C23H25NO5/c1-15(2)17-7-5-16(6-8-17)14-29-23(27)18-9-10-19-20(13-18)22(26)24(21(19)25)11-4-12-28-3/h5-10,13,15H,4,11-12,14H2,1-3H3. The third-order valence-corrected chi connectivity index (χ3v) is 4.95. The fourth-order valence-corrected chi connectivity index (χ4v) is 3.22. The molecule has 2 aromatic carbocycles. The van der Waals surface area contributed by atoms with E-state index < -0.39 is 5.97 Å². The van der Waals surface area contributed by atoms with Crippen molar-refractivity contribution in [1.82, 2.24) is 4.90 Å². The second-order valence-electron chi connectivity index (χ2n) is 7.34. The molecule has 0 aliphatic carbocycles. The SMILES string of the molecule is COCCCN1C(=O)c2ccc(C(=O)OCc3ccc(C(C)C)cc3)cc2C1=O. The van der Waals surface area contributed by atoms with Crippen LogP contribution < -0.4 is 0 Å². The molecule has 6 nitrogen and oxygen atoms in total. The number of methoxy groups -OCH3 is 1. The molecule has 6 heteroatoms. The lowest BCUT2D eigenvalue weighted by Crippen LogP contribution is -2.31. The maximum Gasteiger partial charge on any atom is 0.338 e. The van der Waals surface area contributed by atoms with Gasteiger partial charge in [-0.1, -0.05) is 38.1 Å². The van der Waals surface area contributed by atoms with Gasteiger partial charge in [-0.3, -0.25) is 14.5 Å². The maximum absolute atomic E-state index is 12.6. The summed E-state index contributed by atoms with van der Waals surface area (Å²) in [6.07, 6.45) is 0.562. The third-order valence-electron chi connectivity index (χ3n) is 4.95. The van der Waals surface area contributed by atoms with Crippen molar-refractivity contribution in [1.29, 1.82) is 0 Å². The second kappa shape index (κ2) is 9.01. The summed E-state index contributed by atoms with van der Waals surface area (Å²) in [6, 6.07) is 12.4. The van der Waals surface area contributed by atoms with E-state index in [1.165, 1.54) is 28.7 Å². The number of fused-ring (bicyclic) bond motifs is 1. The number of amides is 2. The Morgan fingerprint density at radius 2 is 1.69 bits per heavy atom. The second-order valence-corrected chi connectivity index (χ2v) is 7.34. The summed E-state index contributed by atoms with van der Waals surface area (Å²) >= 11 is 0. The monoisotopic (exact) mass is 395 g/mol. The summed E-state index contributed by atoms with van der Waals surface area (Å²) in [5.41, 5.74) is 2.91. The smallest absolute Gasteiger partial charge is 0.338 e. The van der Waals surface area contributed by atoms with Gasteiger partial charge in [0, 0.05) is 20.3 Å². The van der Waals surface area contributed by atoms with Gasteiger partial charge in [0.05, 0.1) is 16.7 Å². The van der Waals surface area contributed by atoms with E-state index in [-0.39, 0.29) is 36.1 Å². The van der Waals surface area contributed by atoms with E-state index >= 15 is 0 Å². The number of benzene rings is 2. The van der Waals surface area contributed by atoms with E-state index in [0.29, 0.717) is 24.5 Å². The van der Waals surface area contributed by atoms with E-state index in [4.69, 9.17) is 9.47 Å². The van der Waals surface area contributed by atoms with Crippen LogP contribution in [0.4, 0.5) is 0 Å². The van der Waals surface area contributed by atoms with Crippen LogP contribution in [0.15, 0.2) is 42.5 Å². The van der Waals surface area contributed by atoms with Gasteiger partial charge in [0.15, 0.2) is 0 Å². The van der Waals surface area contributed by atoms with Crippen molar-refractivity contribution < 1.29 is 23.9 Å². The van der Waals surface area contributed by atoms with E-state index in [9.17, 15) is 14.4 Å². The lowest BCUT2D eigenvalue weighted by Gasteiger charge is -2.12. The highest BCUT2D eigenvalue weighted by molar-refractivity contribution is 6.21. The Labute approximate surface area is 170 Å². The van der Waals surface area contributed by atoms with Crippen LogP contribution in [0.3, 0.4) is 0 Å². The molecule has 1 aliphatic heterocycles. The van der Waals surface area contributed by atoms with Crippen LogP contribution in [0, 0.1) is 0 Å². The molecule has 2 amide bonds. The van der Waals surface area contributed by atoms with Crippen LogP contribution in [0.2, 0.25) is 0 Å². The molecule has 0 radical (unpaired) electrons. The number of hydrogen-bond donors (Lipinski definition) is 0. The van der Waals surface area contributed by atoms with E-state index in [0.717, 1.165) is 5.56 Å². The van der Waals surface area contributed by atoms with E-state index in [1.807, 2.05) is 24.3 Å². The summed E-state index contributed by atoms with van der Waals surface area (Å²) in [5, 5.41) is 0. The zero-order chi connectivity index (χ0) is 21.0. The Morgan fingerprint density at radius 1 is 1.00 bits per heavy atom. The molecular weight excluding hydrogens is 370 g/mol. The average molecular weight is 395 g/mol. The molecule has 3 rings (SSSR count). The predicted octanol–water partition coefficient (Wildman–Crippen LogP) is 3.80. The van der Waals surface area contributed by atoms with Crippen molar-refractivity contribution in [3.63, 3.8) is 0 Å². The van der Waals surface area contributed by atoms with Crippen molar-refractivity contribution in [2.75, 3.05) is 20.3 Å². The Balaban J connectivity index is 1.66. The molecule has 0 unspecified atom stereocenters. The maximum atomic E-state index is 12.6. The molecule has 152 valence electrons. The highest BCUT2D eigenvalue weighted by Crippen LogP contribution is 2.25. The third kappa shape index (κ3) is 4.54. The van der Waals surface area contributed by atoms with Crippen LogP contribution in [-0.2, 0) is 16.1 Å². The number of carbonyl (C=O) groups is 3. The normalized spacial score (nSPS) is 13.2. The van der Waals surface area contributed by atoms with E-state index in [1.54, 1.807) is 7.11 Å². The first kappa shape index (κ1) is 20.7. The van der Waals surface area contributed by atoms with Crippen molar-refractivity contribution in [2.45, 2.75) is 32.8 Å². The largest absolute Gasteiger partial charge is 0.457 e. The number of hydrogen-bond acceptors (Lipinski definition) is 5. The molecule has 0 saturated heterocycles. The summed E-state index contributed by atoms with van der Waals surface area (Å²) in [4.78, 5) is 38.6. The first-order valence-electron chi connectivity index (χ1n) is 9.67. The van der Waals surface area contributed by atoms with Crippen LogP contribution in [0.25, 0.3) is 0 Å². The fourth-order valence-electron chi connectivity index (χ4n) is 3.22. The molecule has 0 fully saturated rings. The summed E-state index contributed by atoms with van der Waals surface area (Å²) in [6.45, 7) is 5.13. The van der Waals surface area contributed by atoms with Crippen LogP contribution in [-0.4, -0.2) is 42.9 Å². The minimum absolute atomic E-state index is 0.143. The molecule has 0 spiro atoms. The van der Waals surface area contributed by atoms with Gasteiger partial charge in [-0.25, -0.2) is 4.79 Å². The van der Waals surface area contributed by atoms with Gasteiger partial charge in [-0.2, -0.15) is 0 Å². The molecule has 0 bridgehead atoms. The van der Waals surface area contributed by atoms with Crippen molar-refractivity contribution in [3.05, 3.63) is 70.3 Å². The van der Waals surface area contributed by atoms with Gasteiger partial charge in [0.25, 0.3) is 11.8 Å². The first-order valence-corrected chi connectivity index (χ1v) is 9.67. The zero-order valence-corrected chi connectivity index (χ0v) is 16.9. The first-order chi connectivity index (χ1) is 13.9. The number of nitrogens with zero attached hydrogens (tertiary/aromatic N) is 1. The molecule has 0 atom stereocenters. The van der Waals surface area contributed by atoms with Crippen LogP contribution in [0.1, 0.15) is 68.4 Å².